The fraction of sp³-hybridized carbons (Fsp3) is 0.625. The molecule has 104 valence electrons. The number of benzene rings is 1. The van der Waals surface area contributed by atoms with E-state index < -0.39 is 0 Å². The molecule has 0 aliphatic carbocycles. The van der Waals surface area contributed by atoms with Gasteiger partial charge in [0.25, 0.3) is 0 Å². The summed E-state index contributed by atoms with van der Waals surface area (Å²) in [5.74, 6) is 0. The Kier molecular flexibility index (Phi) is 3.61. The van der Waals surface area contributed by atoms with Gasteiger partial charge in [0.15, 0.2) is 0 Å². The molecule has 0 saturated carbocycles. The molecule has 2 aliphatic heterocycles. The Morgan fingerprint density at radius 3 is 2.89 bits per heavy atom. The van der Waals surface area contributed by atoms with E-state index in [0.29, 0.717) is 19.3 Å². The van der Waals surface area contributed by atoms with Crippen molar-refractivity contribution in [3.05, 3.63) is 35.4 Å². The molecule has 0 radical (unpaired) electrons. The first-order valence-corrected chi connectivity index (χ1v) is 7.22. The molecule has 3 nitrogen and oxygen atoms in total. The molecule has 3 rings (SSSR count). The van der Waals surface area contributed by atoms with Gasteiger partial charge in [-0.1, -0.05) is 29.8 Å². The summed E-state index contributed by atoms with van der Waals surface area (Å²) in [6.07, 6.45) is 2.48. The van der Waals surface area contributed by atoms with Gasteiger partial charge in [0.2, 0.25) is 0 Å². The Labute approximate surface area is 115 Å². The van der Waals surface area contributed by atoms with Crippen molar-refractivity contribution in [1.29, 1.82) is 0 Å². The van der Waals surface area contributed by atoms with Gasteiger partial charge in [-0.05, 0) is 31.9 Å². The molecule has 1 N–H and O–H groups in total. The lowest BCUT2D eigenvalue weighted by Crippen LogP contribution is -2.53. The third-order valence-corrected chi connectivity index (χ3v) is 4.48. The number of ether oxygens (including phenoxy) is 1. The van der Waals surface area contributed by atoms with E-state index in [-0.39, 0.29) is 12.0 Å². The summed E-state index contributed by atoms with van der Waals surface area (Å²) >= 11 is 0. The molecule has 1 aromatic rings. The van der Waals surface area contributed by atoms with Gasteiger partial charge in [-0.25, -0.2) is 0 Å². The molecule has 2 saturated heterocycles. The molecule has 1 atom stereocenters. The molecule has 0 spiro atoms. The van der Waals surface area contributed by atoms with E-state index in [4.69, 9.17) is 4.74 Å². The van der Waals surface area contributed by atoms with Crippen molar-refractivity contribution in [3.63, 3.8) is 0 Å². The van der Waals surface area contributed by atoms with Crippen molar-refractivity contribution >= 4 is 0 Å². The molecule has 0 bridgehead atoms. The summed E-state index contributed by atoms with van der Waals surface area (Å²) in [7, 11) is 0. The first kappa shape index (κ1) is 13.1. The predicted octanol–water partition coefficient (Wildman–Crippen LogP) is 2.14. The molecule has 0 amide bonds. The summed E-state index contributed by atoms with van der Waals surface area (Å²) in [5.41, 5.74) is 2.74. The topological polar surface area (TPSA) is 32.7 Å². The van der Waals surface area contributed by atoms with Crippen molar-refractivity contribution in [2.75, 3.05) is 32.9 Å². The van der Waals surface area contributed by atoms with E-state index in [2.05, 4.69) is 36.1 Å². The van der Waals surface area contributed by atoms with Gasteiger partial charge in [0, 0.05) is 12.6 Å². The molecular formula is C16H23NO2. The summed E-state index contributed by atoms with van der Waals surface area (Å²) in [4.78, 5) is 2.54. The van der Waals surface area contributed by atoms with Crippen molar-refractivity contribution in [2.24, 2.45) is 5.41 Å². The minimum Gasteiger partial charge on any atom is -0.396 e. The van der Waals surface area contributed by atoms with Crippen LogP contribution in [0, 0.1) is 12.3 Å². The van der Waals surface area contributed by atoms with E-state index >= 15 is 0 Å². The Hall–Kier alpha value is -0.900. The summed E-state index contributed by atoms with van der Waals surface area (Å²) in [6.45, 7) is 5.91. The number of hydrogen-bond acceptors (Lipinski definition) is 3. The molecule has 2 aliphatic rings. The standard InChI is InChI=1S/C16H23NO2/c1-13-4-2-5-14(8-13)15-6-3-7-17(15)9-16(10-18)11-19-12-16/h2,4-5,8,15,18H,3,6-7,9-12H2,1H3. The Morgan fingerprint density at radius 2 is 2.26 bits per heavy atom. The second kappa shape index (κ2) is 5.23. The third-order valence-electron chi connectivity index (χ3n) is 4.48. The molecule has 1 aromatic carbocycles. The molecule has 2 heterocycles. The van der Waals surface area contributed by atoms with Gasteiger partial charge in [-0.3, -0.25) is 4.90 Å². The van der Waals surface area contributed by atoms with Crippen LogP contribution in [-0.2, 0) is 4.74 Å². The molecular weight excluding hydrogens is 238 g/mol. The lowest BCUT2D eigenvalue weighted by atomic mass is 9.86. The number of nitrogens with zero attached hydrogens (tertiary/aromatic N) is 1. The summed E-state index contributed by atoms with van der Waals surface area (Å²) in [6, 6.07) is 9.35. The van der Waals surface area contributed by atoms with Gasteiger partial charge in [-0.2, -0.15) is 0 Å². The molecule has 19 heavy (non-hydrogen) atoms. The lowest BCUT2D eigenvalue weighted by molar-refractivity contribution is -0.149. The molecule has 3 heteroatoms. The normalized spacial score (nSPS) is 26.3. The zero-order valence-corrected chi connectivity index (χ0v) is 11.6. The van der Waals surface area contributed by atoms with Crippen LogP contribution in [0.15, 0.2) is 24.3 Å². The van der Waals surface area contributed by atoms with E-state index in [0.717, 1.165) is 13.1 Å². The Balaban J connectivity index is 1.74. The van der Waals surface area contributed by atoms with E-state index in [9.17, 15) is 5.11 Å². The van der Waals surface area contributed by atoms with E-state index in [1.165, 1.54) is 24.0 Å². The second-order valence-corrected chi connectivity index (χ2v) is 6.19. The monoisotopic (exact) mass is 261 g/mol. The zero-order chi connectivity index (χ0) is 13.3. The van der Waals surface area contributed by atoms with Gasteiger partial charge in [0.1, 0.15) is 0 Å². The van der Waals surface area contributed by atoms with Crippen molar-refractivity contribution in [3.8, 4) is 0 Å². The highest BCUT2D eigenvalue weighted by molar-refractivity contribution is 5.26. The van der Waals surface area contributed by atoms with Gasteiger partial charge in [-0.15, -0.1) is 0 Å². The molecule has 2 fully saturated rings. The van der Waals surface area contributed by atoms with Crippen molar-refractivity contribution < 1.29 is 9.84 Å². The SMILES string of the molecule is Cc1cccc(C2CCCN2CC2(CO)COC2)c1. The van der Waals surface area contributed by atoms with Crippen LogP contribution in [0.3, 0.4) is 0 Å². The quantitative estimate of drug-likeness (QED) is 0.901. The number of rotatable bonds is 4. The second-order valence-electron chi connectivity index (χ2n) is 6.19. The number of aliphatic hydroxyl groups is 1. The maximum Gasteiger partial charge on any atom is 0.0579 e. The largest absolute Gasteiger partial charge is 0.396 e. The summed E-state index contributed by atoms with van der Waals surface area (Å²) in [5, 5.41) is 9.59. The van der Waals surface area contributed by atoms with Gasteiger partial charge in [0.05, 0.1) is 25.2 Å². The fourth-order valence-corrected chi connectivity index (χ4v) is 3.32. The average Bonchev–Trinajstić information content (AvgIpc) is 2.82. The Morgan fingerprint density at radius 1 is 1.42 bits per heavy atom. The van der Waals surface area contributed by atoms with Crippen LogP contribution in [0.2, 0.25) is 0 Å². The first-order valence-electron chi connectivity index (χ1n) is 7.22. The highest BCUT2D eigenvalue weighted by Gasteiger charge is 2.42. The van der Waals surface area contributed by atoms with Crippen LogP contribution in [0.4, 0.5) is 0 Å². The summed E-state index contributed by atoms with van der Waals surface area (Å²) < 4.78 is 5.31. The minimum atomic E-state index is -0.00752. The number of aryl methyl sites for hydroxylation is 1. The van der Waals surface area contributed by atoms with Crippen LogP contribution in [0.5, 0.6) is 0 Å². The fourth-order valence-electron chi connectivity index (χ4n) is 3.32. The number of aliphatic hydroxyl groups excluding tert-OH is 1. The highest BCUT2D eigenvalue weighted by Crippen LogP contribution is 2.37. The molecule has 1 unspecified atom stereocenters. The average molecular weight is 261 g/mol. The van der Waals surface area contributed by atoms with Crippen LogP contribution in [-0.4, -0.2) is 42.9 Å². The van der Waals surface area contributed by atoms with Crippen molar-refractivity contribution in [1.82, 2.24) is 4.90 Å². The third kappa shape index (κ3) is 2.55. The lowest BCUT2D eigenvalue weighted by Gasteiger charge is -2.43. The van der Waals surface area contributed by atoms with Gasteiger partial charge < -0.3 is 9.84 Å². The van der Waals surface area contributed by atoms with Crippen LogP contribution >= 0.6 is 0 Å². The Bertz CT molecular complexity index is 437. The number of hydrogen-bond donors (Lipinski definition) is 1. The van der Waals surface area contributed by atoms with Crippen LogP contribution < -0.4 is 0 Å². The van der Waals surface area contributed by atoms with E-state index in [1.807, 2.05) is 0 Å². The van der Waals surface area contributed by atoms with Gasteiger partial charge >= 0.3 is 0 Å². The minimum absolute atomic E-state index is 0.00752. The maximum absolute atomic E-state index is 9.59. The van der Waals surface area contributed by atoms with Crippen molar-refractivity contribution in [2.45, 2.75) is 25.8 Å². The first-order chi connectivity index (χ1) is 9.22. The zero-order valence-electron chi connectivity index (χ0n) is 11.6. The molecule has 0 aromatic heterocycles. The van der Waals surface area contributed by atoms with E-state index in [1.54, 1.807) is 0 Å². The number of likely N-dealkylation sites (tertiary alicyclic amines) is 1. The van der Waals surface area contributed by atoms with Crippen LogP contribution in [0.1, 0.15) is 30.0 Å². The van der Waals surface area contributed by atoms with Crippen LogP contribution in [0.25, 0.3) is 0 Å². The highest BCUT2D eigenvalue weighted by atomic mass is 16.5. The smallest absolute Gasteiger partial charge is 0.0579 e. The maximum atomic E-state index is 9.59. The predicted molar refractivity (Wildman–Crippen MR) is 75.1 cm³/mol.